The predicted octanol–water partition coefficient (Wildman–Crippen LogP) is 4.79. The van der Waals surface area contributed by atoms with Crippen LogP contribution in [0.3, 0.4) is 0 Å². The quantitative estimate of drug-likeness (QED) is 0.651. The van der Waals surface area contributed by atoms with Crippen LogP contribution in [0.1, 0.15) is 60.2 Å². The number of rotatable bonds is 5. The van der Waals surface area contributed by atoms with Gasteiger partial charge in [-0.1, -0.05) is 30.4 Å². The third kappa shape index (κ3) is 3.91. The molecule has 172 valence electrons. The highest BCUT2D eigenvalue weighted by atomic mass is 16.3. The van der Waals surface area contributed by atoms with E-state index in [1.807, 2.05) is 45.0 Å². The molecule has 33 heavy (non-hydrogen) atoms. The molecule has 0 fully saturated rings. The van der Waals surface area contributed by atoms with Gasteiger partial charge in [-0.25, -0.2) is 0 Å². The Hall–Kier alpha value is -3.18. The van der Waals surface area contributed by atoms with Crippen LogP contribution in [0.4, 0.5) is 5.69 Å². The summed E-state index contributed by atoms with van der Waals surface area (Å²) in [6.45, 7) is 9.37. The molecule has 0 bridgehead atoms. The average molecular weight is 445 g/mol. The van der Waals surface area contributed by atoms with E-state index in [1.165, 1.54) is 17.2 Å². The number of hydrogen-bond acceptors (Lipinski definition) is 3. The van der Waals surface area contributed by atoms with Crippen LogP contribution in [0.5, 0.6) is 0 Å². The van der Waals surface area contributed by atoms with Crippen molar-refractivity contribution in [3.8, 4) is 11.1 Å². The lowest BCUT2D eigenvalue weighted by Gasteiger charge is -2.33. The second-order valence-electron chi connectivity index (χ2n) is 9.78. The predicted molar refractivity (Wildman–Crippen MR) is 133 cm³/mol. The van der Waals surface area contributed by atoms with Gasteiger partial charge in [0.15, 0.2) is 0 Å². The van der Waals surface area contributed by atoms with Crippen LogP contribution < -0.4 is 10.6 Å². The number of allylic oxidation sites excluding steroid dienone is 2. The summed E-state index contributed by atoms with van der Waals surface area (Å²) in [6, 6.07) is 9.75. The Morgan fingerprint density at radius 2 is 1.94 bits per heavy atom. The first kappa shape index (κ1) is 23.0. The maximum absolute atomic E-state index is 12.3. The van der Waals surface area contributed by atoms with Crippen LogP contribution >= 0.6 is 0 Å². The van der Waals surface area contributed by atoms with Crippen molar-refractivity contribution in [2.24, 2.45) is 11.7 Å². The van der Waals surface area contributed by atoms with Gasteiger partial charge in [0, 0.05) is 18.3 Å². The van der Waals surface area contributed by atoms with Gasteiger partial charge in [0.1, 0.15) is 0 Å². The lowest BCUT2D eigenvalue weighted by atomic mass is 9.75. The summed E-state index contributed by atoms with van der Waals surface area (Å²) in [4.78, 5) is 26.1. The summed E-state index contributed by atoms with van der Waals surface area (Å²) in [7, 11) is 1.75. The smallest absolute Gasteiger partial charge is 0.250 e. The van der Waals surface area contributed by atoms with Gasteiger partial charge in [0.2, 0.25) is 11.8 Å². The molecule has 3 N–H and O–H groups in total. The molecule has 5 heteroatoms. The highest BCUT2D eigenvalue weighted by Gasteiger charge is 2.37. The van der Waals surface area contributed by atoms with Crippen LogP contribution in [0.2, 0.25) is 0 Å². The molecular formula is C28H32N2O3. The molecule has 0 heterocycles. The molecule has 1 unspecified atom stereocenters. The highest BCUT2D eigenvalue weighted by molar-refractivity contribution is 6.03. The first-order valence-corrected chi connectivity index (χ1v) is 11.4. The van der Waals surface area contributed by atoms with Gasteiger partial charge in [0.25, 0.3) is 0 Å². The second kappa shape index (κ2) is 8.31. The summed E-state index contributed by atoms with van der Waals surface area (Å²) in [5.74, 6) is -0.396. The number of likely N-dealkylation sites (N-methyl/N-ethyl adjacent to an activating group) is 1. The molecular weight excluding hydrogens is 412 g/mol. The van der Waals surface area contributed by atoms with E-state index in [0.717, 1.165) is 52.8 Å². The minimum atomic E-state index is -0.740. The fourth-order valence-corrected chi connectivity index (χ4v) is 5.48. The molecule has 4 rings (SSSR count). The second-order valence-corrected chi connectivity index (χ2v) is 9.78. The number of fused-ring (bicyclic) bond motifs is 2. The number of nitrogens with zero attached hydrogens (tertiary/aromatic N) is 1. The normalized spacial score (nSPS) is 17.4. The van der Waals surface area contributed by atoms with Crippen LogP contribution in [-0.4, -0.2) is 29.6 Å². The Bertz CT molecular complexity index is 1200. The summed E-state index contributed by atoms with van der Waals surface area (Å²) >= 11 is 0. The van der Waals surface area contributed by atoms with Crippen molar-refractivity contribution in [2.75, 3.05) is 11.9 Å². The van der Waals surface area contributed by atoms with Crippen molar-refractivity contribution in [2.45, 2.75) is 52.1 Å². The van der Waals surface area contributed by atoms with Crippen LogP contribution in [-0.2, 0) is 11.2 Å². The van der Waals surface area contributed by atoms with E-state index in [9.17, 15) is 14.7 Å². The maximum Gasteiger partial charge on any atom is 0.250 e. The number of aliphatic hydroxyl groups is 1. The van der Waals surface area contributed by atoms with Gasteiger partial charge in [-0.3, -0.25) is 9.59 Å². The van der Waals surface area contributed by atoms with Crippen molar-refractivity contribution in [3.05, 3.63) is 70.8 Å². The zero-order valence-electron chi connectivity index (χ0n) is 19.9. The highest BCUT2D eigenvalue weighted by Crippen LogP contribution is 2.50. The first-order chi connectivity index (χ1) is 15.5. The van der Waals surface area contributed by atoms with Gasteiger partial charge in [0.05, 0.1) is 5.60 Å². The van der Waals surface area contributed by atoms with E-state index in [4.69, 9.17) is 5.73 Å². The lowest BCUT2D eigenvalue weighted by Crippen LogP contribution is -2.32. The monoisotopic (exact) mass is 444 g/mol. The van der Waals surface area contributed by atoms with Gasteiger partial charge in [-0.05, 0) is 104 Å². The Kier molecular flexibility index (Phi) is 5.79. The maximum atomic E-state index is 12.3. The number of amides is 2. The number of anilines is 1. The topological polar surface area (TPSA) is 83.6 Å². The Balaban J connectivity index is 1.88. The summed E-state index contributed by atoms with van der Waals surface area (Å²) in [5.41, 5.74) is 14.1. The van der Waals surface area contributed by atoms with E-state index in [0.29, 0.717) is 12.0 Å². The molecule has 0 saturated heterocycles. The Morgan fingerprint density at radius 3 is 2.58 bits per heavy atom. The van der Waals surface area contributed by atoms with E-state index in [2.05, 4.69) is 12.6 Å². The molecule has 2 aromatic carbocycles. The lowest BCUT2D eigenvalue weighted by molar-refractivity contribution is -0.113. The standard InChI is InChI=1S/C28H32N2O3/c1-6-25(31)30(5)24-9-7-8-19(16(24)2)21-12-13-22(27(29)32)23-15-17-14-18(28(3,4)33)10-11-20(17)26(21)23/h6-9,12-13,18,33H,1,10-11,14-15H2,2-5H3,(H2,29,32). The van der Waals surface area contributed by atoms with E-state index >= 15 is 0 Å². The van der Waals surface area contributed by atoms with Gasteiger partial charge in [-0.2, -0.15) is 0 Å². The first-order valence-electron chi connectivity index (χ1n) is 11.4. The minimum absolute atomic E-state index is 0.167. The molecule has 0 radical (unpaired) electrons. The van der Waals surface area contributed by atoms with Crippen molar-refractivity contribution in [1.29, 1.82) is 0 Å². The van der Waals surface area contributed by atoms with Gasteiger partial charge >= 0.3 is 0 Å². The molecule has 2 aromatic rings. The van der Waals surface area contributed by atoms with Crippen LogP contribution in [0, 0.1) is 12.8 Å². The SMILES string of the molecule is C=CC(=O)N(C)c1cccc(-c2ccc(C(N)=O)c3c2C2=C(C3)CC(C(C)(C)O)CC2)c1C. The Morgan fingerprint density at radius 1 is 1.21 bits per heavy atom. The molecule has 0 aromatic heterocycles. The fraction of sp³-hybridized carbons (Fsp3) is 0.357. The molecule has 5 nitrogen and oxygen atoms in total. The fourth-order valence-electron chi connectivity index (χ4n) is 5.48. The third-order valence-electron chi connectivity index (χ3n) is 7.39. The zero-order chi connectivity index (χ0) is 24.1. The van der Waals surface area contributed by atoms with Crippen molar-refractivity contribution in [3.63, 3.8) is 0 Å². The van der Waals surface area contributed by atoms with Crippen molar-refractivity contribution in [1.82, 2.24) is 0 Å². The molecule has 1 atom stereocenters. The average Bonchev–Trinajstić information content (AvgIpc) is 3.16. The Labute approximate surface area is 195 Å². The largest absolute Gasteiger partial charge is 0.390 e. The van der Waals surface area contributed by atoms with Crippen LogP contribution in [0.15, 0.2) is 48.6 Å². The summed E-state index contributed by atoms with van der Waals surface area (Å²) in [5, 5.41) is 10.6. The van der Waals surface area contributed by atoms with Crippen molar-refractivity contribution < 1.29 is 14.7 Å². The van der Waals surface area contributed by atoms with Gasteiger partial charge < -0.3 is 15.7 Å². The van der Waals surface area contributed by atoms with E-state index < -0.39 is 11.5 Å². The molecule has 0 saturated carbocycles. The zero-order valence-corrected chi connectivity index (χ0v) is 19.9. The van der Waals surface area contributed by atoms with Crippen molar-refractivity contribution >= 4 is 23.1 Å². The summed E-state index contributed by atoms with van der Waals surface area (Å²) < 4.78 is 0. The number of nitrogens with two attached hydrogens (primary N) is 1. The minimum Gasteiger partial charge on any atom is -0.390 e. The molecule has 2 aliphatic carbocycles. The molecule has 2 aliphatic rings. The van der Waals surface area contributed by atoms with E-state index in [-0.39, 0.29) is 11.8 Å². The third-order valence-corrected chi connectivity index (χ3v) is 7.39. The number of carbonyl (C=O) groups excluding carboxylic acids is 2. The number of primary amides is 1. The van der Waals surface area contributed by atoms with Gasteiger partial charge in [-0.15, -0.1) is 0 Å². The summed E-state index contributed by atoms with van der Waals surface area (Å²) in [6.07, 6.45) is 4.58. The number of hydrogen-bond donors (Lipinski definition) is 2. The van der Waals surface area contributed by atoms with E-state index in [1.54, 1.807) is 11.9 Å². The number of carbonyl (C=O) groups is 2. The number of benzene rings is 2. The molecule has 0 aliphatic heterocycles. The molecule has 2 amide bonds. The molecule has 0 spiro atoms. The van der Waals surface area contributed by atoms with Crippen LogP contribution in [0.25, 0.3) is 16.7 Å².